The Morgan fingerprint density at radius 2 is 1.28 bits per heavy atom. The van der Waals surface area contributed by atoms with Crippen LogP contribution in [0.5, 0.6) is 0 Å². The molecule has 0 saturated carbocycles. The Bertz CT molecular complexity index is 1750. The first-order valence-corrected chi connectivity index (χ1v) is 12.1. The zero-order chi connectivity index (χ0) is 27.0. The number of thiocarbonyl (C=S) groups is 1. The van der Waals surface area contributed by atoms with E-state index in [2.05, 4.69) is 30.1 Å². The number of nitrogens with zero attached hydrogens (tertiary/aromatic N) is 9. The molecule has 2 N–H and O–H groups in total. The molecule has 0 spiro atoms. The molecule has 0 fully saturated rings. The van der Waals surface area contributed by atoms with Crippen LogP contribution in [0.4, 0.5) is 0 Å². The van der Waals surface area contributed by atoms with E-state index in [1.54, 1.807) is 58.7 Å². The lowest BCUT2D eigenvalue weighted by Gasteiger charge is -2.01. The maximum absolute atomic E-state index is 8.85. The molecule has 6 heterocycles. The van der Waals surface area contributed by atoms with Crippen molar-refractivity contribution >= 4 is 17.2 Å². The number of rotatable bonds is 5. The number of hydrogen-bond donors (Lipinski definition) is 1. The molecule has 0 saturated heterocycles. The Hall–Kier alpha value is -5.60. The van der Waals surface area contributed by atoms with Crippen molar-refractivity contribution in [2.75, 3.05) is 0 Å². The summed E-state index contributed by atoms with van der Waals surface area (Å²) in [6, 6.07) is 20.5. The lowest BCUT2D eigenvalue weighted by atomic mass is 10.2. The highest BCUT2D eigenvalue weighted by molar-refractivity contribution is 7.80. The SMILES string of the molecule is N#Cc1cccc(-c2cnn(-c3cccnc3)c2)n1.NC(=S)c1cccc(-c2cnn(-c3cccnc3)c2)n1. The monoisotopic (exact) mass is 528 g/mol. The van der Waals surface area contributed by atoms with Gasteiger partial charge in [-0.15, -0.1) is 0 Å². The number of hydrogen-bond acceptors (Lipinski definition) is 8. The van der Waals surface area contributed by atoms with Gasteiger partial charge in [0.1, 0.15) is 16.8 Å². The molecule has 0 amide bonds. The molecule has 0 aliphatic rings. The van der Waals surface area contributed by atoms with Gasteiger partial charge >= 0.3 is 0 Å². The van der Waals surface area contributed by atoms with E-state index in [-0.39, 0.29) is 4.99 Å². The predicted molar refractivity (Wildman–Crippen MR) is 150 cm³/mol. The van der Waals surface area contributed by atoms with Gasteiger partial charge in [-0.2, -0.15) is 15.5 Å². The highest BCUT2D eigenvalue weighted by Gasteiger charge is 2.07. The highest BCUT2D eigenvalue weighted by Crippen LogP contribution is 2.19. The largest absolute Gasteiger partial charge is 0.388 e. The van der Waals surface area contributed by atoms with Crippen LogP contribution in [0.15, 0.2) is 110 Å². The third-order valence-corrected chi connectivity index (χ3v) is 5.65. The quantitative estimate of drug-likeness (QED) is 0.327. The third kappa shape index (κ3) is 6.04. The molecule has 0 unspecified atom stereocenters. The third-order valence-electron chi connectivity index (χ3n) is 5.44. The average molecular weight is 529 g/mol. The lowest BCUT2D eigenvalue weighted by Crippen LogP contribution is -2.11. The van der Waals surface area contributed by atoms with E-state index in [0.29, 0.717) is 11.4 Å². The Labute approximate surface area is 229 Å². The van der Waals surface area contributed by atoms with Gasteiger partial charge in [-0.05, 0) is 48.5 Å². The fourth-order valence-electron chi connectivity index (χ4n) is 3.56. The van der Waals surface area contributed by atoms with Crippen molar-refractivity contribution in [3.8, 4) is 40.0 Å². The number of nitrogens with two attached hydrogens (primary N) is 1. The minimum Gasteiger partial charge on any atom is -0.388 e. The summed E-state index contributed by atoms with van der Waals surface area (Å²) in [5, 5.41) is 17.4. The van der Waals surface area contributed by atoms with Crippen molar-refractivity contribution in [3.63, 3.8) is 0 Å². The van der Waals surface area contributed by atoms with Crippen molar-refractivity contribution in [2.45, 2.75) is 0 Å². The normalized spacial score (nSPS) is 10.2. The van der Waals surface area contributed by atoms with E-state index in [4.69, 9.17) is 23.2 Å². The molecule has 39 heavy (non-hydrogen) atoms. The van der Waals surface area contributed by atoms with Gasteiger partial charge in [0.05, 0.1) is 53.2 Å². The van der Waals surface area contributed by atoms with Crippen molar-refractivity contribution in [2.24, 2.45) is 5.73 Å². The number of nitriles is 1. The molecule has 0 aliphatic carbocycles. The van der Waals surface area contributed by atoms with E-state index in [1.807, 2.05) is 67.0 Å². The topological polar surface area (TPSA) is 137 Å². The van der Waals surface area contributed by atoms with Crippen LogP contribution in [0.3, 0.4) is 0 Å². The van der Waals surface area contributed by atoms with Gasteiger partial charge in [-0.1, -0.05) is 24.4 Å². The zero-order valence-corrected chi connectivity index (χ0v) is 21.2. The summed E-state index contributed by atoms with van der Waals surface area (Å²) in [7, 11) is 0. The zero-order valence-electron chi connectivity index (χ0n) is 20.4. The maximum Gasteiger partial charge on any atom is 0.141 e. The summed E-state index contributed by atoms with van der Waals surface area (Å²) in [5.74, 6) is 0. The van der Waals surface area contributed by atoms with Crippen LogP contribution in [0.25, 0.3) is 33.9 Å². The summed E-state index contributed by atoms with van der Waals surface area (Å²) >= 11 is 4.94. The van der Waals surface area contributed by atoms with Gasteiger partial charge in [-0.25, -0.2) is 19.3 Å². The summed E-state index contributed by atoms with van der Waals surface area (Å²) in [6.07, 6.45) is 14.1. The van der Waals surface area contributed by atoms with Crippen LogP contribution in [0.1, 0.15) is 11.4 Å². The van der Waals surface area contributed by atoms with Gasteiger partial charge in [-0.3, -0.25) is 9.97 Å². The molecule has 10 nitrogen and oxygen atoms in total. The van der Waals surface area contributed by atoms with E-state index in [9.17, 15) is 0 Å². The van der Waals surface area contributed by atoms with Crippen molar-refractivity contribution in [1.82, 2.24) is 39.5 Å². The molecule has 188 valence electrons. The fourth-order valence-corrected chi connectivity index (χ4v) is 3.68. The molecule has 6 aromatic heterocycles. The smallest absolute Gasteiger partial charge is 0.141 e. The minimum atomic E-state index is 0.284. The second-order valence-electron chi connectivity index (χ2n) is 8.06. The molecule has 0 bridgehead atoms. The molecule has 6 rings (SSSR count). The van der Waals surface area contributed by atoms with E-state index in [1.165, 1.54) is 0 Å². The van der Waals surface area contributed by atoms with Gasteiger partial charge in [0, 0.05) is 35.9 Å². The first-order chi connectivity index (χ1) is 19.1. The van der Waals surface area contributed by atoms with E-state index < -0.39 is 0 Å². The Kier molecular flexibility index (Phi) is 7.48. The van der Waals surface area contributed by atoms with Crippen LogP contribution in [0, 0.1) is 11.3 Å². The van der Waals surface area contributed by atoms with Crippen LogP contribution < -0.4 is 5.73 Å². The molecule has 0 aromatic carbocycles. The molecule has 0 aliphatic heterocycles. The molecule has 6 aromatic rings. The van der Waals surface area contributed by atoms with Crippen LogP contribution in [0.2, 0.25) is 0 Å². The molecule has 11 heteroatoms. The summed E-state index contributed by atoms with van der Waals surface area (Å²) < 4.78 is 3.47. The second kappa shape index (κ2) is 11.6. The van der Waals surface area contributed by atoms with Crippen molar-refractivity contribution < 1.29 is 0 Å². The first-order valence-electron chi connectivity index (χ1n) is 11.7. The Morgan fingerprint density at radius 1 is 0.718 bits per heavy atom. The number of pyridine rings is 4. The van der Waals surface area contributed by atoms with Gasteiger partial charge in [0.15, 0.2) is 0 Å². The molecular weight excluding hydrogens is 508 g/mol. The minimum absolute atomic E-state index is 0.284. The predicted octanol–water partition coefficient (Wildman–Crippen LogP) is 4.16. The first kappa shape index (κ1) is 25.1. The maximum atomic E-state index is 8.85. The Balaban J connectivity index is 0.000000158. The molecule has 0 radical (unpaired) electrons. The molecular formula is C28H20N10S. The summed E-state index contributed by atoms with van der Waals surface area (Å²) in [5.41, 5.74) is 11.6. The van der Waals surface area contributed by atoms with Gasteiger partial charge in [0.2, 0.25) is 0 Å². The fraction of sp³-hybridized carbons (Fsp3) is 0. The molecule has 0 atom stereocenters. The standard InChI is InChI=1S/C14H11N5S.C14H9N5/c15-14(20)13-5-1-4-12(18-13)10-7-17-19(9-10)11-3-2-6-16-8-11;15-7-12-3-1-5-14(18-12)11-8-17-19(10-11)13-4-2-6-16-9-13/h1-9H,(H2,15,20);1-6,8-10H. The van der Waals surface area contributed by atoms with Crippen LogP contribution in [-0.2, 0) is 0 Å². The Morgan fingerprint density at radius 3 is 1.79 bits per heavy atom. The average Bonchev–Trinajstić information content (AvgIpc) is 3.70. The van der Waals surface area contributed by atoms with Crippen molar-refractivity contribution in [1.29, 1.82) is 5.26 Å². The van der Waals surface area contributed by atoms with Crippen LogP contribution >= 0.6 is 12.2 Å². The number of aromatic nitrogens is 8. The van der Waals surface area contributed by atoms with Crippen LogP contribution in [-0.4, -0.2) is 44.5 Å². The summed E-state index contributed by atoms with van der Waals surface area (Å²) in [6.45, 7) is 0. The highest BCUT2D eigenvalue weighted by atomic mass is 32.1. The van der Waals surface area contributed by atoms with E-state index >= 15 is 0 Å². The summed E-state index contributed by atoms with van der Waals surface area (Å²) in [4.78, 5) is 17.1. The van der Waals surface area contributed by atoms with E-state index in [0.717, 1.165) is 33.9 Å². The second-order valence-corrected chi connectivity index (χ2v) is 8.50. The lowest BCUT2D eigenvalue weighted by molar-refractivity contribution is 0.874. The van der Waals surface area contributed by atoms with Crippen molar-refractivity contribution in [3.05, 3.63) is 122 Å². The van der Waals surface area contributed by atoms with Gasteiger partial charge in [0.25, 0.3) is 0 Å². The van der Waals surface area contributed by atoms with Gasteiger partial charge < -0.3 is 5.73 Å².